The first-order valence-electron chi connectivity index (χ1n) is 6.75. The SMILES string of the molecule is COc1cccc(-c2csc(-c3ccc(OC)c(N)c3)n2)c1. The Kier molecular flexibility index (Phi) is 3.98. The van der Waals surface area contributed by atoms with Crippen LogP contribution >= 0.6 is 11.3 Å². The zero-order valence-electron chi connectivity index (χ0n) is 12.4. The standard InChI is InChI=1S/C17H16N2O2S/c1-20-13-5-3-4-11(8-13)15-10-22-17(19-15)12-6-7-16(21-2)14(18)9-12/h3-10H,18H2,1-2H3. The van der Waals surface area contributed by atoms with Crippen molar-refractivity contribution in [2.24, 2.45) is 0 Å². The molecular formula is C17H16N2O2S. The number of nitrogen functional groups attached to an aromatic ring is 1. The molecule has 0 bridgehead atoms. The Labute approximate surface area is 133 Å². The number of rotatable bonds is 4. The molecule has 0 fully saturated rings. The molecule has 3 rings (SSSR count). The Bertz CT molecular complexity index is 799. The van der Waals surface area contributed by atoms with E-state index in [4.69, 9.17) is 15.2 Å². The Morgan fingerprint density at radius 3 is 2.59 bits per heavy atom. The molecule has 0 atom stereocenters. The Hall–Kier alpha value is -2.53. The molecule has 22 heavy (non-hydrogen) atoms. The largest absolute Gasteiger partial charge is 0.497 e. The van der Waals surface area contributed by atoms with Gasteiger partial charge in [0.15, 0.2) is 0 Å². The first-order chi connectivity index (χ1) is 10.7. The minimum Gasteiger partial charge on any atom is -0.497 e. The third kappa shape index (κ3) is 2.76. The molecule has 0 aliphatic heterocycles. The number of thiazole rings is 1. The van der Waals surface area contributed by atoms with Gasteiger partial charge in [0, 0.05) is 16.5 Å². The molecule has 0 spiro atoms. The van der Waals surface area contributed by atoms with Crippen LogP contribution in [0.5, 0.6) is 11.5 Å². The summed E-state index contributed by atoms with van der Waals surface area (Å²) in [6.45, 7) is 0. The van der Waals surface area contributed by atoms with Crippen LogP contribution in [-0.4, -0.2) is 19.2 Å². The fourth-order valence-corrected chi connectivity index (χ4v) is 3.01. The van der Waals surface area contributed by atoms with Gasteiger partial charge in [0.1, 0.15) is 16.5 Å². The lowest BCUT2D eigenvalue weighted by atomic mass is 10.1. The van der Waals surface area contributed by atoms with E-state index in [9.17, 15) is 0 Å². The fraction of sp³-hybridized carbons (Fsp3) is 0.118. The van der Waals surface area contributed by atoms with Crippen molar-refractivity contribution in [1.29, 1.82) is 0 Å². The predicted octanol–water partition coefficient (Wildman–Crippen LogP) is 4.08. The second kappa shape index (κ2) is 6.07. The molecule has 0 amide bonds. The summed E-state index contributed by atoms with van der Waals surface area (Å²) in [5.41, 5.74) is 9.51. The molecular weight excluding hydrogens is 296 g/mol. The maximum atomic E-state index is 5.96. The van der Waals surface area contributed by atoms with Gasteiger partial charge in [-0.05, 0) is 30.3 Å². The molecule has 112 valence electrons. The van der Waals surface area contributed by atoms with E-state index in [0.717, 1.165) is 27.6 Å². The zero-order valence-corrected chi connectivity index (χ0v) is 13.2. The fourth-order valence-electron chi connectivity index (χ4n) is 2.19. The van der Waals surface area contributed by atoms with Crippen molar-refractivity contribution in [2.45, 2.75) is 0 Å². The van der Waals surface area contributed by atoms with Crippen LogP contribution in [0, 0.1) is 0 Å². The van der Waals surface area contributed by atoms with Crippen LogP contribution in [0.1, 0.15) is 0 Å². The van der Waals surface area contributed by atoms with Crippen LogP contribution < -0.4 is 15.2 Å². The van der Waals surface area contributed by atoms with Crippen molar-refractivity contribution >= 4 is 17.0 Å². The number of hydrogen-bond donors (Lipinski definition) is 1. The summed E-state index contributed by atoms with van der Waals surface area (Å²) < 4.78 is 10.4. The van der Waals surface area contributed by atoms with Crippen LogP contribution in [0.3, 0.4) is 0 Å². The van der Waals surface area contributed by atoms with E-state index in [0.29, 0.717) is 11.4 Å². The molecule has 2 N–H and O–H groups in total. The molecule has 0 radical (unpaired) electrons. The van der Waals surface area contributed by atoms with Gasteiger partial charge in [-0.1, -0.05) is 12.1 Å². The van der Waals surface area contributed by atoms with Crippen LogP contribution in [0.4, 0.5) is 5.69 Å². The van der Waals surface area contributed by atoms with E-state index in [1.807, 2.05) is 47.8 Å². The second-order valence-corrected chi connectivity index (χ2v) is 5.58. The molecule has 2 aromatic carbocycles. The molecule has 0 saturated heterocycles. The van der Waals surface area contributed by atoms with Crippen LogP contribution in [-0.2, 0) is 0 Å². The number of nitrogens with zero attached hydrogens (tertiary/aromatic N) is 1. The number of ether oxygens (including phenoxy) is 2. The van der Waals surface area contributed by atoms with Gasteiger partial charge in [0.25, 0.3) is 0 Å². The lowest BCUT2D eigenvalue weighted by Crippen LogP contribution is -1.92. The normalized spacial score (nSPS) is 10.5. The van der Waals surface area contributed by atoms with Gasteiger partial charge < -0.3 is 15.2 Å². The Morgan fingerprint density at radius 2 is 1.86 bits per heavy atom. The van der Waals surface area contributed by atoms with Gasteiger partial charge >= 0.3 is 0 Å². The average molecular weight is 312 g/mol. The molecule has 0 saturated carbocycles. The van der Waals surface area contributed by atoms with E-state index in [2.05, 4.69) is 4.98 Å². The highest BCUT2D eigenvalue weighted by molar-refractivity contribution is 7.13. The first kappa shape index (κ1) is 14.4. The van der Waals surface area contributed by atoms with E-state index in [1.165, 1.54) is 0 Å². The highest BCUT2D eigenvalue weighted by atomic mass is 32.1. The van der Waals surface area contributed by atoms with Gasteiger partial charge in [0.2, 0.25) is 0 Å². The average Bonchev–Trinajstić information content (AvgIpc) is 3.05. The molecule has 5 heteroatoms. The quantitative estimate of drug-likeness (QED) is 0.738. The monoisotopic (exact) mass is 312 g/mol. The summed E-state index contributed by atoms with van der Waals surface area (Å²) >= 11 is 1.58. The molecule has 0 unspecified atom stereocenters. The summed E-state index contributed by atoms with van der Waals surface area (Å²) in [7, 11) is 3.27. The third-order valence-electron chi connectivity index (χ3n) is 3.35. The molecule has 0 aliphatic rings. The Morgan fingerprint density at radius 1 is 1.00 bits per heavy atom. The number of benzene rings is 2. The molecule has 1 aromatic heterocycles. The van der Waals surface area contributed by atoms with E-state index in [-0.39, 0.29) is 0 Å². The van der Waals surface area contributed by atoms with Crippen molar-refractivity contribution < 1.29 is 9.47 Å². The number of hydrogen-bond acceptors (Lipinski definition) is 5. The smallest absolute Gasteiger partial charge is 0.141 e. The summed E-state index contributed by atoms with van der Waals surface area (Å²) in [4.78, 5) is 4.69. The van der Waals surface area contributed by atoms with Crippen LogP contribution in [0.25, 0.3) is 21.8 Å². The van der Waals surface area contributed by atoms with Gasteiger partial charge in [-0.2, -0.15) is 0 Å². The van der Waals surface area contributed by atoms with E-state index >= 15 is 0 Å². The number of anilines is 1. The number of aromatic nitrogens is 1. The van der Waals surface area contributed by atoms with Crippen molar-refractivity contribution in [3.05, 3.63) is 47.8 Å². The van der Waals surface area contributed by atoms with Crippen molar-refractivity contribution in [1.82, 2.24) is 4.98 Å². The van der Waals surface area contributed by atoms with Gasteiger partial charge in [-0.25, -0.2) is 4.98 Å². The van der Waals surface area contributed by atoms with E-state index in [1.54, 1.807) is 25.6 Å². The molecule has 4 nitrogen and oxygen atoms in total. The lowest BCUT2D eigenvalue weighted by molar-refractivity contribution is 0.415. The molecule has 1 heterocycles. The minimum atomic E-state index is 0.609. The highest BCUT2D eigenvalue weighted by Gasteiger charge is 2.09. The highest BCUT2D eigenvalue weighted by Crippen LogP contribution is 2.33. The Balaban J connectivity index is 1.94. The lowest BCUT2D eigenvalue weighted by Gasteiger charge is -2.05. The summed E-state index contributed by atoms with van der Waals surface area (Å²) in [5, 5.41) is 2.96. The van der Waals surface area contributed by atoms with Gasteiger partial charge in [-0.15, -0.1) is 11.3 Å². The van der Waals surface area contributed by atoms with Crippen molar-refractivity contribution in [3.8, 4) is 33.3 Å². The maximum absolute atomic E-state index is 5.96. The van der Waals surface area contributed by atoms with Crippen molar-refractivity contribution in [2.75, 3.05) is 20.0 Å². The predicted molar refractivity (Wildman–Crippen MR) is 90.5 cm³/mol. The second-order valence-electron chi connectivity index (χ2n) is 4.73. The third-order valence-corrected chi connectivity index (χ3v) is 4.24. The van der Waals surface area contributed by atoms with E-state index < -0.39 is 0 Å². The molecule has 0 aliphatic carbocycles. The van der Waals surface area contributed by atoms with Crippen LogP contribution in [0.15, 0.2) is 47.8 Å². The molecule has 3 aromatic rings. The summed E-state index contributed by atoms with van der Waals surface area (Å²) in [6.07, 6.45) is 0. The topological polar surface area (TPSA) is 57.4 Å². The maximum Gasteiger partial charge on any atom is 0.141 e. The summed E-state index contributed by atoms with van der Waals surface area (Å²) in [6, 6.07) is 13.6. The number of nitrogens with two attached hydrogens (primary N) is 1. The summed E-state index contributed by atoms with van der Waals surface area (Å²) in [5.74, 6) is 1.49. The van der Waals surface area contributed by atoms with Crippen molar-refractivity contribution in [3.63, 3.8) is 0 Å². The van der Waals surface area contributed by atoms with Crippen LogP contribution in [0.2, 0.25) is 0 Å². The number of methoxy groups -OCH3 is 2. The zero-order chi connectivity index (χ0) is 15.5. The van der Waals surface area contributed by atoms with Gasteiger partial charge in [-0.3, -0.25) is 0 Å². The minimum absolute atomic E-state index is 0.609. The first-order valence-corrected chi connectivity index (χ1v) is 7.63. The van der Waals surface area contributed by atoms with Gasteiger partial charge in [0.05, 0.1) is 25.6 Å².